The molecule has 2 aromatic carbocycles. The Kier molecular flexibility index (Phi) is 9.47. The van der Waals surface area contributed by atoms with Gasteiger partial charge in [-0.3, -0.25) is 4.79 Å². The molecule has 0 saturated carbocycles. The maximum absolute atomic E-state index is 12.7. The number of nitrogens with one attached hydrogen (secondary N) is 2. The van der Waals surface area contributed by atoms with E-state index in [4.69, 9.17) is 9.47 Å². The number of amides is 1. The molecule has 10 heteroatoms. The first-order chi connectivity index (χ1) is 15.1. The average molecular weight is 573 g/mol. The second kappa shape index (κ2) is 11.6. The summed E-state index contributed by atoms with van der Waals surface area (Å²) in [5.74, 6) is 0.691. The number of aryl methyl sites for hydroxylation is 1. The standard InChI is InChI=1S/C22H28IN3O5S/c1-14(2)10-19(26-32(28,29)17-8-6-15(3)7-9-17)22(27)25-24-13-16-11-18(23)21(31-5)20(12-16)30-4/h6-9,11-14,19,26H,10H2,1-5H3,(H,25,27)/b24-13-/t19-/m0/s1. The van der Waals surface area contributed by atoms with Crippen LogP contribution >= 0.6 is 22.6 Å². The van der Waals surface area contributed by atoms with Gasteiger partial charge in [-0.1, -0.05) is 31.5 Å². The van der Waals surface area contributed by atoms with Gasteiger partial charge in [0.2, 0.25) is 10.0 Å². The summed E-state index contributed by atoms with van der Waals surface area (Å²) >= 11 is 2.12. The van der Waals surface area contributed by atoms with E-state index in [2.05, 4.69) is 37.8 Å². The van der Waals surface area contributed by atoms with Crippen LogP contribution in [0.15, 0.2) is 46.4 Å². The van der Waals surface area contributed by atoms with Gasteiger partial charge in [-0.2, -0.15) is 9.82 Å². The topological polar surface area (TPSA) is 106 Å². The molecule has 0 fully saturated rings. The molecule has 0 heterocycles. The van der Waals surface area contributed by atoms with Crippen LogP contribution < -0.4 is 19.6 Å². The van der Waals surface area contributed by atoms with E-state index in [0.717, 1.165) is 9.13 Å². The lowest BCUT2D eigenvalue weighted by Crippen LogP contribution is -2.46. The van der Waals surface area contributed by atoms with Crippen LogP contribution in [0.3, 0.4) is 0 Å². The molecular weight excluding hydrogens is 545 g/mol. The molecule has 1 atom stereocenters. The Morgan fingerprint density at radius 3 is 2.38 bits per heavy atom. The summed E-state index contributed by atoms with van der Waals surface area (Å²) in [5, 5.41) is 4.00. The first kappa shape index (κ1) is 26.1. The first-order valence-corrected chi connectivity index (χ1v) is 12.5. The van der Waals surface area contributed by atoms with Crippen LogP contribution in [-0.4, -0.2) is 40.8 Å². The molecular formula is C22H28IN3O5S. The largest absolute Gasteiger partial charge is 0.493 e. The van der Waals surface area contributed by atoms with Gasteiger partial charge >= 0.3 is 0 Å². The number of hydrogen-bond acceptors (Lipinski definition) is 6. The van der Waals surface area contributed by atoms with Crippen molar-refractivity contribution in [2.75, 3.05) is 14.2 Å². The third-order valence-electron chi connectivity index (χ3n) is 4.50. The minimum Gasteiger partial charge on any atom is -0.493 e. The van der Waals surface area contributed by atoms with Gasteiger partial charge < -0.3 is 9.47 Å². The van der Waals surface area contributed by atoms with Gasteiger partial charge in [0.1, 0.15) is 6.04 Å². The second-order valence-corrected chi connectivity index (χ2v) is 10.5. The molecule has 32 heavy (non-hydrogen) atoms. The van der Waals surface area contributed by atoms with E-state index in [9.17, 15) is 13.2 Å². The van der Waals surface area contributed by atoms with Crippen molar-refractivity contribution in [1.29, 1.82) is 0 Å². The van der Waals surface area contributed by atoms with E-state index in [1.54, 1.807) is 25.3 Å². The van der Waals surface area contributed by atoms with Crippen LogP contribution in [0.2, 0.25) is 0 Å². The number of hydrogen-bond donors (Lipinski definition) is 2. The van der Waals surface area contributed by atoms with E-state index >= 15 is 0 Å². The number of sulfonamides is 1. The van der Waals surface area contributed by atoms with Crippen LogP contribution in [0.5, 0.6) is 11.5 Å². The molecule has 0 radical (unpaired) electrons. The molecule has 0 aliphatic rings. The number of carbonyl (C=O) groups is 1. The molecule has 0 aromatic heterocycles. The quantitative estimate of drug-likeness (QED) is 0.257. The van der Waals surface area contributed by atoms with Crippen LogP contribution in [0.1, 0.15) is 31.4 Å². The van der Waals surface area contributed by atoms with Crippen LogP contribution in [0.25, 0.3) is 0 Å². The molecule has 2 rings (SSSR count). The third kappa shape index (κ3) is 7.17. The predicted octanol–water partition coefficient (Wildman–Crippen LogP) is 3.46. The number of halogens is 1. The molecule has 0 saturated heterocycles. The fraction of sp³-hybridized carbons (Fsp3) is 0.364. The van der Waals surface area contributed by atoms with E-state index in [1.165, 1.54) is 25.5 Å². The number of nitrogens with zero attached hydrogens (tertiary/aromatic N) is 1. The molecule has 0 unspecified atom stereocenters. The van der Waals surface area contributed by atoms with E-state index < -0.39 is 22.0 Å². The minimum absolute atomic E-state index is 0.0860. The van der Waals surface area contributed by atoms with Gasteiger partial charge in [0.05, 0.1) is 28.9 Å². The number of hydrazone groups is 1. The van der Waals surface area contributed by atoms with Crippen LogP contribution in [0, 0.1) is 16.4 Å². The van der Waals surface area contributed by atoms with E-state index in [0.29, 0.717) is 23.5 Å². The van der Waals surface area contributed by atoms with Crippen molar-refractivity contribution >= 4 is 44.7 Å². The highest BCUT2D eigenvalue weighted by atomic mass is 127. The van der Waals surface area contributed by atoms with Crippen molar-refractivity contribution in [2.45, 2.75) is 38.1 Å². The van der Waals surface area contributed by atoms with Crippen LogP contribution in [0.4, 0.5) is 0 Å². The summed E-state index contributed by atoms with van der Waals surface area (Å²) in [6.07, 6.45) is 1.78. The molecule has 174 valence electrons. The molecule has 0 bridgehead atoms. The second-order valence-electron chi connectivity index (χ2n) is 7.59. The maximum Gasteiger partial charge on any atom is 0.258 e. The van der Waals surface area contributed by atoms with Crippen molar-refractivity contribution in [3.63, 3.8) is 0 Å². The molecule has 2 aromatic rings. The number of carbonyl (C=O) groups excluding carboxylic acids is 1. The number of benzene rings is 2. The number of methoxy groups -OCH3 is 2. The van der Waals surface area contributed by atoms with Crippen molar-refractivity contribution in [3.8, 4) is 11.5 Å². The van der Waals surface area contributed by atoms with Gasteiger partial charge in [-0.15, -0.1) is 0 Å². The van der Waals surface area contributed by atoms with Gasteiger partial charge in [0.25, 0.3) is 5.91 Å². The van der Waals surface area contributed by atoms with E-state index in [-0.39, 0.29) is 10.8 Å². The Morgan fingerprint density at radius 1 is 1.16 bits per heavy atom. The summed E-state index contributed by atoms with van der Waals surface area (Å²) in [6, 6.07) is 9.02. The number of rotatable bonds is 10. The predicted molar refractivity (Wildman–Crippen MR) is 133 cm³/mol. The summed E-state index contributed by atoms with van der Waals surface area (Å²) < 4.78 is 39.4. The molecule has 0 spiro atoms. The maximum atomic E-state index is 12.7. The highest BCUT2D eigenvalue weighted by Gasteiger charge is 2.26. The van der Waals surface area contributed by atoms with Gasteiger partial charge in [-0.05, 0) is 71.7 Å². The van der Waals surface area contributed by atoms with Crippen molar-refractivity contribution in [2.24, 2.45) is 11.0 Å². The Morgan fingerprint density at radius 2 is 1.81 bits per heavy atom. The normalized spacial score (nSPS) is 12.7. The van der Waals surface area contributed by atoms with Gasteiger partial charge in [0, 0.05) is 0 Å². The molecule has 2 N–H and O–H groups in total. The fourth-order valence-corrected chi connectivity index (χ4v) is 4.97. The SMILES string of the molecule is COc1cc(/C=N\NC(=O)[C@H](CC(C)C)NS(=O)(=O)c2ccc(C)cc2)cc(I)c1OC. The smallest absolute Gasteiger partial charge is 0.258 e. The van der Waals surface area contributed by atoms with Crippen molar-refractivity contribution in [1.82, 2.24) is 10.1 Å². The highest BCUT2D eigenvalue weighted by molar-refractivity contribution is 14.1. The monoisotopic (exact) mass is 573 g/mol. The Labute approximate surface area is 203 Å². The summed E-state index contributed by atoms with van der Waals surface area (Å²) in [7, 11) is -0.769. The lowest BCUT2D eigenvalue weighted by Gasteiger charge is -2.19. The zero-order chi connectivity index (χ0) is 23.9. The molecule has 0 aliphatic heterocycles. The fourth-order valence-electron chi connectivity index (χ4n) is 2.91. The lowest BCUT2D eigenvalue weighted by molar-refractivity contribution is -0.123. The molecule has 0 aliphatic carbocycles. The summed E-state index contributed by atoms with van der Waals surface area (Å²) in [6.45, 7) is 5.70. The van der Waals surface area contributed by atoms with Crippen molar-refractivity contribution < 1.29 is 22.7 Å². The summed E-state index contributed by atoms with van der Waals surface area (Å²) in [5.41, 5.74) is 4.07. The molecule has 8 nitrogen and oxygen atoms in total. The van der Waals surface area contributed by atoms with E-state index in [1.807, 2.05) is 26.8 Å². The minimum atomic E-state index is -3.86. The zero-order valence-electron chi connectivity index (χ0n) is 18.7. The summed E-state index contributed by atoms with van der Waals surface area (Å²) in [4.78, 5) is 12.8. The van der Waals surface area contributed by atoms with Gasteiger partial charge in [-0.25, -0.2) is 13.8 Å². The van der Waals surface area contributed by atoms with Crippen molar-refractivity contribution in [3.05, 3.63) is 51.1 Å². The Hall–Kier alpha value is -2.18. The van der Waals surface area contributed by atoms with Gasteiger partial charge in [0.15, 0.2) is 11.5 Å². The zero-order valence-corrected chi connectivity index (χ0v) is 21.7. The molecule has 1 amide bonds. The van der Waals surface area contributed by atoms with Crippen LogP contribution in [-0.2, 0) is 14.8 Å². The highest BCUT2D eigenvalue weighted by Crippen LogP contribution is 2.33. The Balaban J connectivity index is 2.16. The first-order valence-electron chi connectivity index (χ1n) is 9.90. The average Bonchev–Trinajstić information content (AvgIpc) is 2.72. The lowest BCUT2D eigenvalue weighted by atomic mass is 10.0. The Bertz CT molecular complexity index is 1070. The third-order valence-corrected chi connectivity index (χ3v) is 6.79. The number of ether oxygens (including phenoxy) is 2.